The van der Waals surface area contributed by atoms with Crippen molar-refractivity contribution in [1.82, 2.24) is 9.88 Å². The minimum atomic E-state index is 0.0842. The summed E-state index contributed by atoms with van der Waals surface area (Å²) in [5.74, 6) is 0. The fraction of sp³-hybridized carbons (Fsp3) is 0.615. The molecule has 2 rings (SSSR count). The van der Waals surface area contributed by atoms with Gasteiger partial charge in [0.1, 0.15) is 0 Å². The molecule has 0 amide bonds. The third-order valence-corrected chi connectivity index (χ3v) is 3.64. The largest absolute Gasteiger partial charge is 0.314 e. The van der Waals surface area contributed by atoms with E-state index < -0.39 is 0 Å². The van der Waals surface area contributed by atoms with Crippen LogP contribution in [0.25, 0.3) is 0 Å². The van der Waals surface area contributed by atoms with Gasteiger partial charge in [0.25, 0.3) is 5.56 Å². The fourth-order valence-electron chi connectivity index (χ4n) is 2.03. The van der Waals surface area contributed by atoms with Crippen LogP contribution in [0.15, 0.2) is 29.2 Å². The topological polar surface area (TPSA) is 34.0 Å². The van der Waals surface area contributed by atoms with E-state index in [1.165, 1.54) is 19.3 Å². The van der Waals surface area contributed by atoms with E-state index in [0.29, 0.717) is 5.41 Å². The Balaban J connectivity index is 1.72. The fourth-order valence-corrected chi connectivity index (χ4v) is 2.03. The lowest BCUT2D eigenvalue weighted by Crippen LogP contribution is -2.29. The number of nitrogens with zero attached hydrogens (tertiary/aromatic N) is 1. The molecule has 0 atom stereocenters. The molecular weight excluding hydrogens is 200 g/mol. The number of aromatic nitrogens is 1. The predicted molar refractivity (Wildman–Crippen MR) is 65.5 cm³/mol. The van der Waals surface area contributed by atoms with Gasteiger partial charge in [-0.15, -0.1) is 0 Å². The van der Waals surface area contributed by atoms with Crippen LogP contribution in [0.4, 0.5) is 0 Å². The molecule has 16 heavy (non-hydrogen) atoms. The number of hydrogen-bond acceptors (Lipinski definition) is 2. The van der Waals surface area contributed by atoms with E-state index in [-0.39, 0.29) is 5.56 Å². The average Bonchev–Trinajstić information content (AvgIpc) is 3.07. The molecule has 1 saturated carbocycles. The average molecular weight is 220 g/mol. The minimum absolute atomic E-state index is 0.0842. The summed E-state index contributed by atoms with van der Waals surface area (Å²) >= 11 is 0. The van der Waals surface area contributed by atoms with Crippen LogP contribution in [0.2, 0.25) is 0 Å². The van der Waals surface area contributed by atoms with Crippen LogP contribution in [0.1, 0.15) is 26.2 Å². The zero-order valence-corrected chi connectivity index (χ0v) is 9.91. The molecule has 0 aliphatic heterocycles. The first-order valence-electron chi connectivity index (χ1n) is 6.12. The highest BCUT2D eigenvalue weighted by atomic mass is 16.1. The number of hydrogen-bond donors (Lipinski definition) is 1. The monoisotopic (exact) mass is 220 g/mol. The highest BCUT2D eigenvalue weighted by Crippen LogP contribution is 2.47. The first-order chi connectivity index (χ1) is 7.76. The Kier molecular flexibility index (Phi) is 3.44. The molecule has 1 aliphatic rings. The quantitative estimate of drug-likeness (QED) is 0.739. The van der Waals surface area contributed by atoms with Crippen molar-refractivity contribution in [3.8, 4) is 0 Å². The lowest BCUT2D eigenvalue weighted by molar-refractivity contribution is 0.434. The first-order valence-corrected chi connectivity index (χ1v) is 6.12. The van der Waals surface area contributed by atoms with Gasteiger partial charge in [-0.05, 0) is 30.7 Å². The van der Waals surface area contributed by atoms with E-state index in [9.17, 15) is 4.79 Å². The van der Waals surface area contributed by atoms with Crippen LogP contribution in [-0.4, -0.2) is 17.7 Å². The molecule has 1 aromatic heterocycles. The second-order valence-electron chi connectivity index (χ2n) is 4.76. The smallest absolute Gasteiger partial charge is 0.250 e. The summed E-state index contributed by atoms with van der Waals surface area (Å²) in [7, 11) is 0. The van der Waals surface area contributed by atoms with Crippen LogP contribution in [-0.2, 0) is 6.54 Å². The second kappa shape index (κ2) is 4.83. The van der Waals surface area contributed by atoms with Crippen molar-refractivity contribution in [2.75, 3.05) is 13.1 Å². The van der Waals surface area contributed by atoms with Gasteiger partial charge >= 0.3 is 0 Å². The molecule has 0 unspecified atom stereocenters. The second-order valence-corrected chi connectivity index (χ2v) is 4.76. The lowest BCUT2D eigenvalue weighted by Gasteiger charge is -2.13. The summed E-state index contributed by atoms with van der Waals surface area (Å²) < 4.78 is 1.75. The van der Waals surface area contributed by atoms with Gasteiger partial charge in [0.2, 0.25) is 0 Å². The highest BCUT2D eigenvalue weighted by molar-refractivity contribution is 4.94. The van der Waals surface area contributed by atoms with Crippen LogP contribution >= 0.6 is 0 Å². The summed E-state index contributed by atoms with van der Waals surface area (Å²) in [6, 6.07) is 5.28. The maximum Gasteiger partial charge on any atom is 0.250 e. The molecule has 0 spiro atoms. The minimum Gasteiger partial charge on any atom is -0.314 e. The Morgan fingerprint density at radius 1 is 1.44 bits per heavy atom. The van der Waals surface area contributed by atoms with E-state index in [4.69, 9.17) is 0 Å². The van der Waals surface area contributed by atoms with E-state index in [2.05, 4.69) is 12.2 Å². The highest BCUT2D eigenvalue weighted by Gasteiger charge is 2.39. The third kappa shape index (κ3) is 2.73. The molecule has 1 N–H and O–H groups in total. The van der Waals surface area contributed by atoms with Gasteiger partial charge in [-0.3, -0.25) is 4.79 Å². The van der Waals surface area contributed by atoms with Crippen molar-refractivity contribution in [3.63, 3.8) is 0 Å². The van der Waals surface area contributed by atoms with Gasteiger partial charge in [0.05, 0.1) is 0 Å². The van der Waals surface area contributed by atoms with Crippen LogP contribution in [0.5, 0.6) is 0 Å². The summed E-state index contributed by atoms with van der Waals surface area (Å²) in [4.78, 5) is 11.4. The van der Waals surface area contributed by atoms with Crippen LogP contribution < -0.4 is 10.9 Å². The zero-order valence-electron chi connectivity index (χ0n) is 9.91. The van der Waals surface area contributed by atoms with Gasteiger partial charge in [-0.25, -0.2) is 0 Å². The van der Waals surface area contributed by atoms with Crippen LogP contribution in [0, 0.1) is 5.41 Å². The van der Waals surface area contributed by atoms with Gasteiger partial charge in [-0.1, -0.05) is 13.0 Å². The van der Waals surface area contributed by atoms with Crippen molar-refractivity contribution >= 4 is 0 Å². The molecule has 3 nitrogen and oxygen atoms in total. The van der Waals surface area contributed by atoms with Crippen molar-refractivity contribution in [2.45, 2.75) is 32.7 Å². The Hall–Kier alpha value is -1.09. The Labute approximate surface area is 96.5 Å². The van der Waals surface area contributed by atoms with Gasteiger partial charge in [-0.2, -0.15) is 0 Å². The first kappa shape index (κ1) is 11.4. The normalized spacial score (nSPS) is 17.3. The molecule has 88 valence electrons. The van der Waals surface area contributed by atoms with Crippen LogP contribution in [0.3, 0.4) is 0 Å². The molecule has 1 fully saturated rings. The Morgan fingerprint density at radius 3 is 2.88 bits per heavy atom. The summed E-state index contributed by atoms with van der Waals surface area (Å²) in [5, 5.41) is 3.46. The van der Waals surface area contributed by atoms with Crippen molar-refractivity contribution in [3.05, 3.63) is 34.7 Å². The Bertz CT molecular complexity index is 393. The number of nitrogens with one attached hydrogen (secondary N) is 1. The molecular formula is C13H20N2O. The van der Waals surface area contributed by atoms with Crippen molar-refractivity contribution in [1.29, 1.82) is 0 Å². The molecule has 0 aromatic carbocycles. The van der Waals surface area contributed by atoms with Crippen molar-refractivity contribution < 1.29 is 0 Å². The van der Waals surface area contributed by atoms with E-state index in [1.54, 1.807) is 16.7 Å². The zero-order chi connectivity index (χ0) is 11.4. The Morgan fingerprint density at radius 2 is 2.25 bits per heavy atom. The van der Waals surface area contributed by atoms with E-state index >= 15 is 0 Å². The van der Waals surface area contributed by atoms with Gasteiger partial charge in [0, 0.05) is 31.9 Å². The van der Waals surface area contributed by atoms with E-state index in [1.807, 2.05) is 12.3 Å². The molecule has 1 heterocycles. The molecule has 0 saturated heterocycles. The molecule has 0 bridgehead atoms. The molecule has 3 heteroatoms. The molecule has 1 aliphatic carbocycles. The number of pyridine rings is 1. The van der Waals surface area contributed by atoms with E-state index in [0.717, 1.165) is 19.6 Å². The molecule has 1 aromatic rings. The summed E-state index contributed by atoms with van der Waals surface area (Å²) in [6.07, 6.45) is 5.84. The lowest BCUT2D eigenvalue weighted by atomic mass is 10.0. The maximum atomic E-state index is 11.4. The van der Waals surface area contributed by atoms with Gasteiger partial charge in [0.15, 0.2) is 0 Å². The van der Waals surface area contributed by atoms with Crippen molar-refractivity contribution in [2.24, 2.45) is 5.41 Å². The SMILES string of the molecule is CCC1(CNCCn2ccccc2=O)CC1. The predicted octanol–water partition coefficient (Wildman–Crippen LogP) is 1.63. The molecule has 0 radical (unpaired) electrons. The maximum absolute atomic E-state index is 11.4. The third-order valence-electron chi connectivity index (χ3n) is 3.64. The summed E-state index contributed by atoms with van der Waals surface area (Å²) in [6.45, 7) is 5.01. The standard InChI is InChI=1S/C13H20N2O/c1-2-13(6-7-13)11-14-8-10-15-9-4-3-5-12(15)16/h3-5,9,14H,2,6-8,10-11H2,1H3. The number of rotatable bonds is 6. The van der Waals surface area contributed by atoms with Gasteiger partial charge < -0.3 is 9.88 Å². The summed E-state index contributed by atoms with van der Waals surface area (Å²) in [5.41, 5.74) is 0.669.